The number of nitro groups is 1. The smallest absolute Gasteiger partial charge is 0.275 e. The number of hydrogen-bond donors (Lipinski definition) is 1. The van der Waals surface area contributed by atoms with Gasteiger partial charge in [-0.05, 0) is 24.6 Å². The number of pyridine rings is 1. The molecule has 7 heteroatoms. The summed E-state index contributed by atoms with van der Waals surface area (Å²) < 4.78 is 13.9. The Kier molecular flexibility index (Phi) is 4.70. The Morgan fingerprint density at radius 2 is 2.14 bits per heavy atom. The van der Waals surface area contributed by atoms with Crippen LogP contribution < -0.4 is 5.32 Å². The van der Waals surface area contributed by atoms with Gasteiger partial charge in [0.1, 0.15) is 11.6 Å². The summed E-state index contributed by atoms with van der Waals surface area (Å²) in [5.74, 6) is -0.229. The first kappa shape index (κ1) is 15.2. The third kappa shape index (κ3) is 3.66. The molecule has 21 heavy (non-hydrogen) atoms. The van der Waals surface area contributed by atoms with Crippen LogP contribution >= 0.6 is 11.6 Å². The van der Waals surface area contributed by atoms with Crippen molar-refractivity contribution in [1.82, 2.24) is 4.98 Å². The lowest BCUT2D eigenvalue weighted by molar-refractivity contribution is -0.384. The summed E-state index contributed by atoms with van der Waals surface area (Å²) in [6.07, 6.45) is 0.842. The summed E-state index contributed by atoms with van der Waals surface area (Å²) >= 11 is 5.70. The highest BCUT2D eigenvalue weighted by Gasteiger charge is 2.15. The molecule has 0 spiro atoms. The molecule has 1 aromatic heterocycles. The summed E-state index contributed by atoms with van der Waals surface area (Å²) in [5, 5.41) is 14.2. The Bertz CT molecular complexity index is 679. The highest BCUT2D eigenvalue weighted by Crippen LogP contribution is 2.28. The van der Waals surface area contributed by atoms with Gasteiger partial charge in [0.15, 0.2) is 0 Å². The monoisotopic (exact) mass is 309 g/mol. The number of nitrogens with one attached hydrogen (secondary N) is 1. The van der Waals surface area contributed by atoms with Crippen LogP contribution in [0.2, 0.25) is 5.02 Å². The van der Waals surface area contributed by atoms with Gasteiger partial charge in [-0.25, -0.2) is 9.37 Å². The molecule has 1 aromatic carbocycles. The van der Waals surface area contributed by atoms with Crippen molar-refractivity contribution >= 4 is 23.1 Å². The molecular weight excluding hydrogens is 297 g/mol. The number of hydrogen-bond acceptors (Lipinski definition) is 4. The Labute approximate surface area is 125 Å². The van der Waals surface area contributed by atoms with Crippen LogP contribution in [0.4, 0.5) is 15.9 Å². The van der Waals surface area contributed by atoms with Crippen molar-refractivity contribution in [3.05, 3.63) is 51.3 Å². The predicted molar refractivity (Wildman–Crippen MR) is 80.1 cm³/mol. The summed E-state index contributed by atoms with van der Waals surface area (Å²) in [6.45, 7) is 2.58. The first-order chi connectivity index (χ1) is 10.0. The lowest BCUT2D eigenvalue weighted by atomic mass is 10.1. The molecule has 5 nitrogen and oxygen atoms in total. The molecule has 1 N–H and O–H groups in total. The summed E-state index contributed by atoms with van der Waals surface area (Å²) in [5.41, 5.74) is 0.215. The minimum Gasteiger partial charge on any atom is -0.370 e. The molecule has 0 aliphatic heterocycles. The molecule has 0 atom stereocenters. The van der Waals surface area contributed by atoms with Gasteiger partial charge in [-0.2, -0.15) is 0 Å². The van der Waals surface area contributed by atoms with Crippen LogP contribution in [0.25, 0.3) is 11.3 Å². The molecule has 0 amide bonds. The molecule has 0 saturated heterocycles. The molecule has 110 valence electrons. The fourth-order valence-corrected chi connectivity index (χ4v) is 1.96. The van der Waals surface area contributed by atoms with Crippen molar-refractivity contribution in [2.75, 3.05) is 11.9 Å². The Morgan fingerprint density at radius 3 is 2.76 bits per heavy atom. The van der Waals surface area contributed by atoms with Gasteiger partial charge in [-0.3, -0.25) is 10.1 Å². The maximum Gasteiger partial charge on any atom is 0.275 e. The SMILES string of the molecule is CCCNc1cc([N+](=O)[O-])cc(-c2ccc(Cl)cc2F)n1. The van der Waals surface area contributed by atoms with Crippen LogP contribution in [0.3, 0.4) is 0 Å². The highest BCUT2D eigenvalue weighted by atomic mass is 35.5. The van der Waals surface area contributed by atoms with Crippen molar-refractivity contribution in [3.63, 3.8) is 0 Å². The maximum absolute atomic E-state index is 13.9. The van der Waals surface area contributed by atoms with Gasteiger partial charge in [0.2, 0.25) is 0 Å². The van der Waals surface area contributed by atoms with E-state index in [1.807, 2.05) is 6.92 Å². The maximum atomic E-state index is 13.9. The van der Waals surface area contributed by atoms with E-state index in [1.165, 1.54) is 24.3 Å². The molecule has 0 radical (unpaired) electrons. The average molecular weight is 310 g/mol. The molecule has 0 aliphatic carbocycles. The molecule has 2 aromatic rings. The molecule has 0 bridgehead atoms. The topological polar surface area (TPSA) is 68.1 Å². The van der Waals surface area contributed by atoms with Gasteiger partial charge in [0.05, 0.1) is 16.7 Å². The van der Waals surface area contributed by atoms with E-state index in [0.717, 1.165) is 12.5 Å². The van der Waals surface area contributed by atoms with E-state index in [9.17, 15) is 14.5 Å². The van der Waals surface area contributed by atoms with E-state index in [4.69, 9.17) is 11.6 Å². The van der Waals surface area contributed by atoms with Gasteiger partial charge >= 0.3 is 0 Å². The Hall–Kier alpha value is -2.21. The summed E-state index contributed by atoms with van der Waals surface area (Å²) in [4.78, 5) is 14.7. The van der Waals surface area contributed by atoms with E-state index in [0.29, 0.717) is 12.4 Å². The summed E-state index contributed by atoms with van der Waals surface area (Å²) in [6, 6.07) is 6.68. The standard InChI is InChI=1S/C14H13ClFN3O2/c1-2-5-17-14-8-10(19(20)21)7-13(18-14)11-4-3-9(15)6-12(11)16/h3-4,6-8H,2,5H2,1H3,(H,17,18). The van der Waals surface area contributed by atoms with Gasteiger partial charge in [-0.1, -0.05) is 18.5 Å². The van der Waals surface area contributed by atoms with Crippen LogP contribution in [-0.2, 0) is 0 Å². The van der Waals surface area contributed by atoms with Gasteiger partial charge < -0.3 is 5.32 Å². The molecule has 0 saturated carbocycles. The van der Waals surface area contributed by atoms with Crippen LogP contribution in [-0.4, -0.2) is 16.5 Å². The number of aromatic nitrogens is 1. The number of nitrogens with zero attached hydrogens (tertiary/aromatic N) is 2. The van der Waals surface area contributed by atoms with E-state index in [-0.39, 0.29) is 22.0 Å². The van der Waals surface area contributed by atoms with E-state index in [1.54, 1.807) is 0 Å². The van der Waals surface area contributed by atoms with Gasteiger partial charge in [0, 0.05) is 23.2 Å². The second kappa shape index (κ2) is 6.49. The van der Waals surface area contributed by atoms with Crippen LogP contribution in [0.15, 0.2) is 30.3 Å². The predicted octanol–water partition coefficient (Wildman–Crippen LogP) is 4.27. The highest BCUT2D eigenvalue weighted by molar-refractivity contribution is 6.30. The Balaban J connectivity index is 2.50. The first-order valence-corrected chi connectivity index (χ1v) is 6.75. The third-order valence-electron chi connectivity index (χ3n) is 2.78. The van der Waals surface area contributed by atoms with Crippen LogP contribution in [0, 0.1) is 15.9 Å². The third-order valence-corrected chi connectivity index (χ3v) is 3.02. The minimum absolute atomic E-state index is 0.145. The minimum atomic E-state index is -0.572. The quantitative estimate of drug-likeness (QED) is 0.661. The summed E-state index contributed by atoms with van der Waals surface area (Å²) in [7, 11) is 0. The number of rotatable bonds is 5. The fraction of sp³-hybridized carbons (Fsp3) is 0.214. The Morgan fingerprint density at radius 1 is 1.38 bits per heavy atom. The number of anilines is 1. The van der Waals surface area contributed by atoms with Crippen LogP contribution in [0.5, 0.6) is 0 Å². The van der Waals surface area contributed by atoms with Crippen molar-refractivity contribution in [3.8, 4) is 11.3 Å². The lowest BCUT2D eigenvalue weighted by Gasteiger charge is -2.08. The molecule has 0 aliphatic rings. The van der Waals surface area contributed by atoms with Gasteiger partial charge in [0.25, 0.3) is 5.69 Å². The van der Waals surface area contributed by atoms with Crippen molar-refractivity contribution < 1.29 is 9.31 Å². The molecule has 2 rings (SSSR count). The van der Waals surface area contributed by atoms with Crippen molar-refractivity contribution in [2.24, 2.45) is 0 Å². The normalized spacial score (nSPS) is 10.4. The zero-order valence-corrected chi connectivity index (χ0v) is 12.0. The molecular formula is C14H13ClFN3O2. The number of halogens is 2. The second-order valence-electron chi connectivity index (χ2n) is 4.40. The van der Waals surface area contributed by atoms with Crippen molar-refractivity contribution in [2.45, 2.75) is 13.3 Å². The van der Waals surface area contributed by atoms with Crippen molar-refractivity contribution in [1.29, 1.82) is 0 Å². The molecule has 1 heterocycles. The van der Waals surface area contributed by atoms with E-state index in [2.05, 4.69) is 10.3 Å². The first-order valence-electron chi connectivity index (χ1n) is 6.37. The molecule has 0 fully saturated rings. The fourth-order valence-electron chi connectivity index (χ4n) is 1.80. The van der Waals surface area contributed by atoms with E-state index < -0.39 is 10.7 Å². The zero-order valence-electron chi connectivity index (χ0n) is 11.3. The average Bonchev–Trinajstić information content (AvgIpc) is 2.44. The van der Waals surface area contributed by atoms with Crippen LogP contribution in [0.1, 0.15) is 13.3 Å². The largest absolute Gasteiger partial charge is 0.370 e. The lowest BCUT2D eigenvalue weighted by Crippen LogP contribution is -2.04. The van der Waals surface area contributed by atoms with E-state index >= 15 is 0 Å². The second-order valence-corrected chi connectivity index (χ2v) is 4.84. The zero-order chi connectivity index (χ0) is 15.4. The number of benzene rings is 1. The van der Waals surface area contributed by atoms with Gasteiger partial charge in [-0.15, -0.1) is 0 Å². The molecule has 0 unspecified atom stereocenters.